The lowest BCUT2D eigenvalue weighted by Crippen LogP contribution is -2.21. The van der Waals surface area contributed by atoms with Crippen molar-refractivity contribution in [2.24, 2.45) is 0 Å². The highest BCUT2D eigenvalue weighted by Crippen LogP contribution is 2.20. The third kappa shape index (κ3) is 2.86. The van der Waals surface area contributed by atoms with Gasteiger partial charge < -0.3 is 5.32 Å². The van der Waals surface area contributed by atoms with Crippen LogP contribution in [0.1, 0.15) is 24.4 Å². The molecule has 0 aliphatic carbocycles. The molecule has 0 radical (unpaired) electrons. The molecule has 3 aromatic rings. The number of rotatable bonds is 5. The summed E-state index contributed by atoms with van der Waals surface area (Å²) in [7, 11) is 0. The van der Waals surface area contributed by atoms with Crippen molar-refractivity contribution < 1.29 is 0 Å². The number of H-pyrrole nitrogens is 1. The minimum absolute atomic E-state index is 0.322. The Morgan fingerprint density at radius 3 is 2.80 bits per heavy atom. The van der Waals surface area contributed by atoms with Crippen LogP contribution in [-0.4, -0.2) is 21.7 Å². The van der Waals surface area contributed by atoms with Crippen LogP contribution in [0.4, 0.5) is 0 Å². The molecule has 102 valence electrons. The van der Waals surface area contributed by atoms with E-state index < -0.39 is 0 Å². The van der Waals surface area contributed by atoms with Crippen LogP contribution in [-0.2, 0) is 6.42 Å². The topological polar surface area (TPSA) is 53.6 Å². The normalized spacial score (nSPS) is 12.7. The molecule has 1 aromatic heterocycles. The van der Waals surface area contributed by atoms with Gasteiger partial charge in [-0.15, -0.1) is 0 Å². The molecule has 0 fully saturated rings. The van der Waals surface area contributed by atoms with Crippen molar-refractivity contribution in [2.45, 2.75) is 19.4 Å². The van der Waals surface area contributed by atoms with Gasteiger partial charge in [0.25, 0.3) is 0 Å². The minimum atomic E-state index is 0.322. The fourth-order valence-corrected chi connectivity index (χ4v) is 2.35. The number of benzene rings is 2. The molecular weight excluding hydrogens is 248 g/mol. The highest BCUT2D eigenvalue weighted by atomic mass is 15.2. The summed E-state index contributed by atoms with van der Waals surface area (Å²) in [4.78, 5) is 4.12. The predicted octanol–water partition coefficient (Wildman–Crippen LogP) is 2.85. The first-order valence-electron chi connectivity index (χ1n) is 6.89. The maximum absolute atomic E-state index is 4.12. The molecule has 0 saturated heterocycles. The zero-order valence-corrected chi connectivity index (χ0v) is 11.5. The standard InChI is InChI=1S/C16H18N4/c1-12(17-9-8-16-18-11-19-20-16)14-7-6-13-4-2-3-5-15(13)10-14/h2-7,10-12,17H,8-9H2,1H3,(H,18,19,20). The molecule has 20 heavy (non-hydrogen) atoms. The number of fused-ring (bicyclic) bond motifs is 1. The fraction of sp³-hybridized carbons (Fsp3) is 0.250. The van der Waals surface area contributed by atoms with Crippen LogP contribution in [0.2, 0.25) is 0 Å². The molecule has 4 heteroatoms. The van der Waals surface area contributed by atoms with Crippen LogP contribution in [0.15, 0.2) is 48.8 Å². The largest absolute Gasteiger partial charge is 0.310 e. The van der Waals surface area contributed by atoms with Gasteiger partial charge in [-0.25, -0.2) is 4.98 Å². The third-order valence-electron chi connectivity index (χ3n) is 3.55. The summed E-state index contributed by atoms with van der Waals surface area (Å²) in [6.45, 7) is 3.06. The second-order valence-corrected chi connectivity index (χ2v) is 4.96. The van der Waals surface area contributed by atoms with Gasteiger partial charge in [0, 0.05) is 19.0 Å². The second kappa shape index (κ2) is 5.84. The van der Waals surface area contributed by atoms with Crippen molar-refractivity contribution in [1.82, 2.24) is 20.5 Å². The molecule has 2 N–H and O–H groups in total. The van der Waals surface area contributed by atoms with Gasteiger partial charge >= 0.3 is 0 Å². The number of aromatic amines is 1. The molecule has 0 bridgehead atoms. The van der Waals surface area contributed by atoms with Crippen LogP contribution < -0.4 is 5.32 Å². The Bertz CT molecular complexity index is 676. The quantitative estimate of drug-likeness (QED) is 0.746. The van der Waals surface area contributed by atoms with E-state index in [2.05, 4.69) is 69.9 Å². The number of nitrogens with zero attached hydrogens (tertiary/aromatic N) is 2. The van der Waals surface area contributed by atoms with Crippen molar-refractivity contribution in [1.29, 1.82) is 0 Å². The predicted molar refractivity (Wildman–Crippen MR) is 80.5 cm³/mol. The van der Waals surface area contributed by atoms with Crippen LogP contribution in [0.25, 0.3) is 10.8 Å². The second-order valence-electron chi connectivity index (χ2n) is 4.96. The maximum atomic E-state index is 4.12. The zero-order valence-electron chi connectivity index (χ0n) is 11.5. The summed E-state index contributed by atoms with van der Waals surface area (Å²) in [6, 6.07) is 15.4. The van der Waals surface area contributed by atoms with Gasteiger partial charge in [-0.1, -0.05) is 36.4 Å². The summed E-state index contributed by atoms with van der Waals surface area (Å²) in [5.41, 5.74) is 1.31. The van der Waals surface area contributed by atoms with E-state index in [9.17, 15) is 0 Å². The number of hydrogen-bond acceptors (Lipinski definition) is 3. The van der Waals surface area contributed by atoms with E-state index in [1.165, 1.54) is 16.3 Å². The summed E-state index contributed by atoms with van der Waals surface area (Å²) in [5.74, 6) is 0.920. The van der Waals surface area contributed by atoms with Gasteiger partial charge in [-0.05, 0) is 29.3 Å². The number of hydrogen-bond donors (Lipinski definition) is 2. The lowest BCUT2D eigenvalue weighted by atomic mass is 10.0. The van der Waals surface area contributed by atoms with E-state index in [1.807, 2.05) is 0 Å². The lowest BCUT2D eigenvalue weighted by Gasteiger charge is -2.14. The van der Waals surface area contributed by atoms with E-state index in [0.29, 0.717) is 6.04 Å². The van der Waals surface area contributed by atoms with Gasteiger partial charge in [0.2, 0.25) is 0 Å². The van der Waals surface area contributed by atoms with E-state index in [0.717, 1.165) is 18.8 Å². The molecule has 1 atom stereocenters. The Labute approximate surface area is 118 Å². The maximum Gasteiger partial charge on any atom is 0.137 e. The molecule has 1 unspecified atom stereocenters. The first-order chi connectivity index (χ1) is 9.83. The van der Waals surface area contributed by atoms with Gasteiger partial charge in [0.05, 0.1) is 0 Å². The van der Waals surface area contributed by atoms with E-state index in [-0.39, 0.29) is 0 Å². The molecule has 0 amide bonds. The highest BCUT2D eigenvalue weighted by molar-refractivity contribution is 5.83. The Kier molecular flexibility index (Phi) is 3.74. The Morgan fingerprint density at radius 2 is 2.00 bits per heavy atom. The van der Waals surface area contributed by atoms with Crippen molar-refractivity contribution in [3.05, 3.63) is 60.2 Å². The Balaban J connectivity index is 1.64. The van der Waals surface area contributed by atoms with Gasteiger partial charge in [-0.2, -0.15) is 5.10 Å². The third-order valence-corrected chi connectivity index (χ3v) is 3.55. The van der Waals surface area contributed by atoms with Crippen LogP contribution in [0.3, 0.4) is 0 Å². The van der Waals surface area contributed by atoms with Crippen molar-refractivity contribution in [3.63, 3.8) is 0 Å². The number of nitrogens with one attached hydrogen (secondary N) is 2. The molecule has 1 heterocycles. The van der Waals surface area contributed by atoms with Crippen LogP contribution in [0, 0.1) is 0 Å². The Morgan fingerprint density at radius 1 is 1.15 bits per heavy atom. The molecule has 4 nitrogen and oxygen atoms in total. The summed E-state index contributed by atoms with van der Waals surface area (Å²) >= 11 is 0. The van der Waals surface area contributed by atoms with Gasteiger partial charge in [0.1, 0.15) is 12.2 Å². The molecule has 0 spiro atoms. The minimum Gasteiger partial charge on any atom is -0.310 e. The zero-order chi connectivity index (χ0) is 13.8. The molecule has 0 aliphatic rings. The number of aromatic nitrogens is 3. The summed E-state index contributed by atoms with van der Waals surface area (Å²) in [5, 5.41) is 12.8. The van der Waals surface area contributed by atoms with Crippen molar-refractivity contribution in [3.8, 4) is 0 Å². The highest BCUT2D eigenvalue weighted by Gasteiger charge is 2.05. The Hall–Kier alpha value is -2.20. The van der Waals surface area contributed by atoms with Crippen molar-refractivity contribution in [2.75, 3.05) is 6.54 Å². The monoisotopic (exact) mass is 266 g/mol. The SMILES string of the molecule is CC(NCCc1ncn[nH]1)c1ccc2ccccc2c1. The molecule has 0 saturated carbocycles. The average Bonchev–Trinajstić information content (AvgIpc) is 3.00. The average molecular weight is 266 g/mol. The van der Waals surface area contributed by atoms with Crippen LogP contribution in [0.5, 0.6) is 0 Å². The summed E-state index contributed by atoms with van der Waals surface area (Å²) < 4.78 is 0. The summed E-state index contributed by atoms with van der Waals surface area (Å²) in [6.07, 6.45) is 2.40. The molecular formula is C16H18N4. The molecule has 2 aromatic carbocycles. The van der Waals surface area contributed by atoms with Gasteiger partial charge in [-0.3, -0.25) is 5.10 Å². The van der Waals surface area contributed by atoms with Crippen LogP contribution >= 0.6 is 0 Å². The molecule has 0 aliphatic heterocycles. The van der Waals surface area contributed by atoms with Gasteiger partial charge in [0.15, 0.2) is 0 Å². The van der Waals surface area contributed by atoms with E-state index in [4.69, 9.17) is 0 Å². The molecule has 3 rings (SSSR count). The van der Waals surface area contributed by atoms with E-state index >= 15 is 0 Å². The first kappa shape index (κ1) is 12.8. The fourth-order valence-electron chi connectivity index (χ4n) is 2.35. The first-order valence-corrected chi connectivity index (χ1v) is 6.89. The van der Waals surface area contributed by atoms with E-state index in [1.54, 1.807) is 6.33 Å². The smallest absolute Gasteiger partial charge is 0.137 e. The lowest BCUT2D eigenvalue weighted by molar-refractivity contribution is 0.571. The van der Waals surface area contributed by atoms with Crippen molar-refractivity contribution >= 4 is 10.8 Å².